The maximum absolute atomic E-state index is 11.4. The first-order chi connectivity index (χ1) is 8.01. The van der Waals surface area contributed by atoms with Crippen LogP contribution in [-0.2, 0) is 6.42 Å². The molecule has 5 nitrogen and oxygen atoms in total. The molecule has 17 heavy (non-hydrogen) atoms. The fourth-order valence-corrected chi connectivity index (χ4v) is 1.61. The summed E-state index contributed by atoms with van der Waals surface area (Å²) in [5, 5.41) is 10.9. The van der Waals surface area contributed by atoms with Gasteiger partial charge in [-0.2, -0.15) is 0 Å². The van der Waals surface area contributed by atoms with Crippen molar-refractivity contribution in [3.05, 3.63) is 33.4 Å². The van der Waals surface area contributed by atoms with Crippen LogP contribution in [0.25, 0.3) is 0 Å². The number of hydrogen-bond acceptors (Lipinski definition) is 4. The Labute approximate surface area is 99.5 Å². The minimum Gasteiger partial charge on any atom is -0.494 e. The number of hydrogen-bond donors (Lipinski definition) is 0. The van der Waals surface area contributed by atoms with Gasteiger partial charge in [0.2, 0.25) is 0 Å². The second kappa shape index (κ2) is 5.43. The number of nitrogens with zero attached hydrogens (tertiary/aromatic N) is 1. The van der Waals surface area contributed by atoms with E-state index >= 15 is 0 Å². The smallest absolute Gasteiger partial charge is 0.280 e. The van der Waals surface area contributed by atoms with Crippen LogP contribution in [0.15, 0.2) is 12.1 Å². The van der Waals surface area contributed by atoms with Crippen LogP contribution in [0.3, 0.4) is 0 Å². The van der Waals surface area contributed by atoms with Gasteiger partial charge in [-0.1, -0.05) is 6.92 Å². The molecule has 0 N–H and O–H groups in total. The van der Waals surface area contributed by atoms with Crippen LogP contribution < -0.4 is 4.74 Å². The number of carbonyl (C=O) groups is 1. The van der Waals surface area contributed by atoms with Crippen LogP contribution in [0.2, 0.25) is 0 Å². The molecule has 0 aliphatic carbocycles. The van der Waals surface area contributed by atoms with Crippen LogP contribution in [-0.4, -0.2) is 17.3 Å². The first-order valence-corrected chi connectivity index (χ1v) is 5.46. The number of carbonyl (C=O) groups excluding carboxylic acids is 1. The minimum absolute atomic E-state index is 0.0932. The van der Waals surface area contributed by atoms with Crippen molar-refractivity contribution in [3.8, 4) is 5.75 Å². The van der Waals surface area contributed by atoms with E-state index in [0.29, 0.717) is 18.8 Å². The monoisotopic (exact) mass is 237 g/mol. The van der Waals surface area contributed by atoms with Gasteiger partial charge in [0.25, 0.3) is 5.69 Å². The molecule has 92 valence electrons. The fourth-order valence-electron chi connectivity index (χ4n) is 1.61. The first-order valence-electron chi connectivity index (χ1n) is 5.46. The summed E-state index contributed by atoms with van der Waals surface area (Å²) in [6.07, 6.45) is 0.619. The van der Waals surface area contributed by atoms with Gasteiger partial charge in [-0.25, -0.2) is 0 Å². The van der Waals surface area contributed by atoms with E-state index in [1.54, 1.807) is 0 Å². The maximum atomic E-state index is 11.4. The first kappa shape index (κ1) is 13.2. The van der Waals surface area contributed by atoms with Crippen LogP contribution >= 0.6 is 0 Å². The van der Waals surface area contributed by atoms with Crippen LogP contribution in [0, 0.1) is 10.1 Å². The largest absolute Gasteiger partial charge is 0.494 e. The molecular weight excluding hydrogens is 222 g/mol. The van der Waals surface area contributed by atoms with Crippen molar-refractivity contribution in [1.29, 1.82) is 0 Å². The molecule has 0 amide bonds. The van der Waals surface area contributed by atoms with Crippen molar-refractivity contribution in [2.45, 2.75) is 27.2 Å². The molecule has 1 aromatic rings. The summed E-state index contributed by atoms with van der Waals surface area (Å²) in [5.41, 5.74) is 0.678. The third-order valence-corrected chi connectivity index (χ3v) is 2.44. The fraction of sp³-hybridized carbons (Fsp3) is 0.417. The third kappa shape index (κ3) is 2.81. The predicted octanol–water partition coefficient (Wildman–Crippen LogP) is 2.76. The lowest BCUT2D eigenvalue weighted by Gasteiger charge is -2.10. The van der Waals surface area contributed by atoms with Gasteiger partial charge in [-0.05, 0) is 26.3 Å². The van der Waals surface area contributed by atoms with Gasteiger partial charge < -0.3 is 4.74 Å². The van der Waals surface area contributed by atoms with E-state index in [1.807, 2.05) is 13.8 Å². The Balaban J connectivity index is 3.42. The van der Waals surface area contributed by atoms with Gasteiger partial charge in [-0.3, -0.25) is 14.9 Å². The molecule has 1 aromatic carbocycles. The van der Waals surface area contributed by atoms with Gasteiger partial charge in [0.15, 0.2) is 5.78 Å². The van der Waals surface area contributed by atoms with E-state index in [4.69, 9.17) is 4.74 Å². The van der Waals surface area contributed by atoms with E-state index in [0.717, 1.165) is 5.56 Å². The van der Waals surface area contributed by atoms with Crippen molar-refractivity contribution in [2.75, 3.05) is 6.61 Å². The second-order valence-electron chi connectivity index (χ2n) is 3.58. The van der Waals surface area contributed by atoms with Gasteiger partial charge >= 0.3 is 0 Å². The van der Waals surface area contributed by atoms with E-state index in [1.165, 1.54) is 19.1 Å². The van der Waals surface area contributed by atoms with Crippen LogP contribution in [0.5, 0.6) is 5.75 Å². The zero-order chi connectivity index (χ0) is 13.0. The average Bonchev–Trinajstić information content (AvgIpc) is 2.28. The molecule has 0 fully saturated rings. The lowest BCUT2D eigenvalue weighted by molar-refractivity contribution is -0.385. The highest BCUT2D eigenvalue weighted by atomic mass is 16.6. The van der Waals surface area contributed by atoms with E-state index in [-0.39, 0.29) is 17.0 Å². The van der Waals surface area contributed by atoms with Crippen molar-refractivity contribution < 1.29 is 14.5 Å². The normalized spacial score (nSPS) is 10.1. The Morgan fingerprint density at radius 1 is 1.41 bits per heavy atom. The lowest BCUT2D eigenvalue weighted by atomic mass is 10.0. The maximum Gasteiger partial charge on any atom is 0.280 e. The molecule has 0 atom stereocenters. The summed E-state index contributed by atoms with van der Waals surface area (Å²) in [6.45, 7) is 5.48. The highest BCUT2D eigenvalue weighted by Gasteiger charge is 2.20. The van der Waals surface area contributed by atoms with Gasteiger partial charge in [-0.15, -0.1) is 0 Å². The van der Waals surface area contributed by atoms with Gasteiger partial charge in [0.1, 0.15) is 5.75 Å². The van der Waals surface area contributed by atoms with E-state index in [9.17, 15) is 14.9 Å². The Hall–Kier alpha value is -1.91. The average molecular weight is 237 g/mol. The molecule has 0 heterocycles. The number of aryl methyl sites for hydroxylation is 1. The SMILES string of the molecule is CCOc1cc(C(C)=O)c([N+](=O)[O-])cc1CC. The summed E-state index contributed by atoms with van der Waals surface area (Å²) in [6, 6.07) is 2.88. The number of nitro benzene ring substituents is 1. The lowest BCUT2D eigenvalue weighted by Crippen LogP contribution is -2.04. The summed E-state index contributed by atoms with van der Waals surface area (Å²) < 4.78 is 5.38. The molecule has 0 spiro atoms. The van der Waals surface area contributed by atoms with Gasteiger partial charge in [0, 0.05) is 11.6 Å². The molecule has 0 saturated heterocycles. The highest BCUT2D eigenvalue weighted by molar-refractivity contribution is 5.98. The highest BCUT2D eigenvalue weighted by Crippen LogP contribution is 2.29. The molecule has 1 rings (SSSR count). The zero-order valence-electron chi connectivity index (χ0n) is 10.1. The van der Waals surface area contributed by atoms with Crippen molar-refractivity contribution >= 4 is 11.5 Å². The molecule has 0 radical (unpaired) electrons. The quantitative estimate of drug-likeness (QED) is 0.448. The predicted molar refractivity (Wildman–Crippen MR) is 63.6 cm³/mol. The molecule has 0 bridgehead atoms. The Bertz CT molecular complexity index is 454. The summed E-state index contributed by atoms with van der Waals surface area (Å²) >= 11 is 0. The minimum atomic E-state index is -0.536. The van der Waals surface area contributed by atoms with Crippen LogP contribution in [0.4, 0.5) is 5.69 Å². The number of benzene rings is 1. The van der Waals surface area contributed by atoms with Crippen molar-refractivity contribution in [1.82, 2.24) is 0 Å². The van der Waals surface area contributed by atoms with E-state index in [2.05, 4.69) is 0 Å². The zero-order valence-corrected chi connectivity index (χ0v) is 10.1. The summed E-state index contributed by atoms with van der Waals surface area (Å²) in [7, 11) is 0. The molecule has 0 aromatic heterocycles. The van der Waals surface area contributed by atoms with Crippen molar-refractivity contribution in [3.63, 3.8) is 0 Å². The molecule has 0 unspecified atom stereocenters. The Morgan fingerprint density at radius 2 is 2.06 bits per heavy atom. The summed E-state index contributed by atoms with van der Waals surface area (Å²) in [4.78, 5) is 21.7. The number of ketones is 1. The number of rotatable bonds is 5. The molecule has 0 aliphatic heterocycles. The Morgan fingerprint density at radius 3 is 2.47 bits per heavy atom. The van der Waals surface area contributed by atoms with E-state index < -0.39 is 4.92 Å². The van der Waals surface area contributed by atoms with Crippen LogP contribution in [0.1, 0.15) is 36.7 Å². The van der Waals surface area contributed by atoms with Gasteiger partial charge in [0.05, 0.1) is 17.1 Å². The molecule has 5 heteroatoms. The molecular formula is C12H15NO4. The Kier molecular flexibility index (Phi) is 4.20. The summed E-state index contributed by atoms with van der Waals surface area (Å²) in [5.74, 6) is 0.214. The molecule has 0 saturated carbocycles. The number of nitro groups is 1. The standard InChI is InChI=1S/C12H15NO4/c1-4-9-6-11(13(15)16)10(8(3)14)7-12(9)17-5-2/h6-7H,4-5H2,1-3H3. The number of ether oxygens (including phenoxy) is 1. The van der Waals surface area contributed by atoms with Crippen molar-refractivity contribution in [2.24, 2.45) is 0 Å². The number of Topliss-reactive ketones (excluding diaryl/α,β-unsaturated/α-hetero) is 1. The topological polar surface area (TPSA) is 69.4 Å². The third-order valence-electron chi connectivity index (χ3n) is 2.44. The molecule has 0 aliphatic rings. The second-order valence-corrected chi connectivity index (χ2v) is 3.58.